The molecule has 0 saturated carbocycles. The summed E-state index contributed by atoms with van der Waals surface area (Å²) < 4.78 is 0. The normalized spacial score (nSPS) is 12.8. The number of carbonyl (C=O) groups excluding carboxylic acids is 1. The van der Waals surface area contributed by atoms with Crippen molar-refractivity contribution in [2.24, 2.45) is 0 Å². The number of amides is 1. The van der Waals surface area contributed by atoms with E-state index >= 15 is 0 Å². The van der Waals surface area contributed by atoms with Crippen molar-refractivity contribution in [1.82, 2.24) is 0 Å². The van der Waals surface area contributed by atoms with Crippen molar-refractivity contribution in [3.63, 3.8) is 0 Å². The Morgan fingerprint density at radius 1 is 1.05 bits per heavy atom. The van der Waals surface area contributed by atoms with Crippen LogP contribution in [0.2, 0.25) is 0 Å². The maximum absolute atomic E-state index is 12.1. The minimum absolute atomic E-state index is 0. The number of nitrogens with zero attached hydrogens (tertiary/aromatic N) is 1. The molecule has 2 aromatic carbocycles. The van der Waals surface area contributed by atoms with E-state index in [9.17, 15) is 4.79 Å². The lowest BCUT2D eigenvalue weighted by Gasteiger charge is -2.23. The van der Waals surface area contributed by atoms with Crippen LogP contribution in [-0.2, 0) is 17.6 Å². The summed E-state index contributed by atoms with van der Waals surface area (Å²) in [5, 5.41) is 0. The van der Waals surface area contributed by atoms with Crippen molar-refractivity contribution in [2.75, 3.05) is 4.90 Å². The van der Waals surface area contributed by atoms with Gasteiger partial charge in [0.1, 0.15) is 5.69 Å². The van der Waals surface area contributed by atoms with Crippen LogP contribution in [0.5, 0.6) is 0 Å². The van der Waals surface area contributed by atoms with Gasteiger partial charge in [-0.05, 0) is 36.1 Å². The van der Waals surface area contributed by atoms with E-state index in [1.54, 1.807) is 6.92 Å². The largest absolute Gasteiger partial charge is 1.00 e. The van der Waals surface area contributed by atoms with Gasteiger partial charge in [-0.3, -0.25) is 9.69 Å². The minimum atomic E-state index is 0. The number of hydrogen-bond acceptors (Lipinski definition) is 1. The van der Waals surface area contributed by atoms with Crippen LogP contribution in [0.25, 0.3) is 0 Å². The van der Waals surface area contributed by atoms with E-state index in [2.05, 4.69) is 17.9 Å². The van der Waals surface area contributed by atoms with Gasteiger partial charge >= 0.3 is 0 Å². The highest BCUT2D eigenvalue weighted by Gasteiger charge is 2.23. The molecule has 0 radical (unpaired) electrons. The van der Waals surface area contributed by atoms with Gasteiger partial charge in [0.25, 0.3) is 0 Å². The highest BCUT2D eigenvalue weighted by molar-refractivity contribution is 6.01. The molecule has 20 heavy (non-hydrogen) atoms. The molecule has 0 atom stereocenters. The van der Waals surface area contributed by atoms with Crippen molar-refractivity contribution >= 4 is 23.0 Å². The Morgan fingerprint density at radius 2 is 1.70 bits per heavy atom. The number of anilines is 2. The average Bonchev–Trinajstić information content (AvgIpc) is 2.54. The van der Waals surface area contributed by atoms with E-state index in [0.717, 1.165) is 29.9 Å². The molecule has 2 aromatic rings. The van der Waals surface area contributed by atoms with Crippen LogP contribution >= 0.6 is 0 Å². The molecule has 0 fully saturated rings. The van der Waals surface area contributed by atoms with Crippen LogP contribution < -0.4 is 23.0 Å². The predicted octanol–water partition coefficient (Wildman–Crippen LogP) is -0.653. The minimum Gasteiger partial charge on any atom is -1.00 e. The van der Waals surface area contributed by atoms with Gasteiger partial charge in [0, 0.05) is 13.0 Å². The molecular weight excluding hydrogens is 272 g/mol. The third-order valence-electron chi connectivity index (χ3n) is 3.60. The Balaban J connectivity index is 0.00000147. The molecule has 0 aliphatic carbocycles. The molecule has 0 unspecified atom stereocenters. The molecule has 0 saturated heterocycles. The van der Waals surface area contributed by atoms with Crippen molar-refractivity contribution in [1.29, 1.82) is 0 Å². The molecular formula is C16H17ClN2O. The Morgan fingerprint density at radius 3 is 2.40 bits per heavy atom. The monoisotopic (exact) mass is 288 g/mol. The molecule has 3 nitrogen and oxygen atoms in total. The van der Waals surface area contributed by atoms with Gasteiger partial charge < -0.3 is 18.1 Å². The summed E-state index contributed by atoms with van der Waals surface area (Å²) in [7, 11) is 0. The van der Waals surface area contributed by atoms with Crippen molar-refractivity contribution in [2.45, 2.75) is 19.8 Å². The fourth-order valence-corrected chi connectivity index (χ4v) is 2.71. The number of carbonyl (C=O) groups is 1. The third-order valence-corrected chi connectivity index (χ3v) is 3.60. The van der Waals surface area contributed by atoms with Crippen LogP contribution in [0.1, 0.15) is 18.1 Å². The lowest BCUT2D eigenvalue weighted by molar-refractivity contribution is -0.254. The van der Waals surface area contributed by atoms with E-state index < -0.39 is 0 Å². The first-order chi connectivity index (χ1) is 9.16. The van der Waals surface area contributed by atoms with Gasteiger partial charge in [0.15, 0.2) is 0 Å². The summed E-state index contributed by atoms with van der Waals surface area (Å²) in [6.45, 7) is 1.61. The zero-order chi connectivity index (χ0) is 13.4. The first kappa shape index (κ1) is 14.6. The van der Waals surface area contributed by atoms with Gasteiger partial charge in [-0.2, -0.15) is 0 Å². The van der Waals surface area contributed by atoms with Crippen LogP contribution in [0, 0.1) is 0 Å². The Kier molecular flexibility index (Phi) is 4.12. The van der Waals surface area contributed by atoms with E-state index in [1.165, 1.54) is 11.1 Å². The molecule has 0 bridgehead atoms. The highest BCUT2D eigenvalue weighted by atomic mass is 35.5. The van der Waals surface area contributed by atoms with Gasteiger partial charge in [0.05, 0.1) is 11.4 Å². The number of hydrogen-bond donors (Lipinski definition) is 1. The van der Waals surface area contributed by atoms with Crippen LogP contribution in [0.15, 0.2) is 42.5 Å². The smallest absolute Gasteiger partial charge is 0.228 e. The first-order valence-electron chi connectivity index (χ1n) is 6.50. The molecule has 1 amide bonds. The quantitative estimate of drug-likeness (QED) is 0.688. The molecule has 3 rings (SSSR count). The number of quaternary nitrogens is 1. The molecule has 1 aliphatic heterocycles. The molecule has 3 N–H and O–H groups in total. The predicted molar refractivity (Wildman–Crippen MR) is 75.7 cm³/mol. The van der Waals surface area contributed by atoms with Gasteiger partial charge in [-0.15, -0.1) is 0 Å². The van der Waals surface area contributed by atoms with Crippen LogP contribution in [-0.4, -0.2) is 5.91 Å². The molecule has 1 aliphatic rings. The number of fused-ring (bicyclic) bond motifs is 2. The Hall–Kier alpha value is -1.84. The van der Waals surface area contributed by atoms with E-state index in [-0.39, 0.29) is 18.3 Å². The van der Waals surface area contributed by atoms with Crippen molar-refractivity contribution in [3.05, 3.63) is 53.6 Å². The number of para-hydroxylation sites is 1. The first-order valence-corrected chi connectivity index (χ1v) is 6.50. The van der Waals surface area contributed by atoms with Crippen molar-refractivity contribution < 1.29 is 22.9 Å². The van der Waals surface area contributed by atoms with Gasteiger partial charge in [0.2, 0.25) is 5.91 Å². The highest BCUT2D eigenvalue weighted by Crippen LogP contribution is 2.36. The zero-order valence-corrected chi connectivity index (χ0v) is 12.2. The van der Waals surface area contributed by atoms with Gasteiger partial charge in [-0.25, -0.2) is 0 Å². The maximum Gasteiger partial charge on any atom is 0.228 e. The lowest BCUT2D eigenvalue weighted by atomic mass is 10.0. The second kappa shape index (κ2) is 5.65. The summed E-state index contributed by atoms with van der Waals surface area (Å²) in [6.07, 6.45) is 1.92. The molecule has 0 spiro atoms. The number of halogens is 1. The van der Waals surface area contributed by atoms with E-state index in [0.29, 0.717) is 0 Å². The number of benzene rings is 2. The third kappa shape index (κ3) is 2.42. The van der Waals surface area contributed by atoms with Gasteiger partial charge in [-0.1, -0.05) is 24.3 Å². The van der Waals surface area contributed by atoms with Crippen molar-refractivity contribution in [3.8, 4) is 0 Å². The Labute approximate surface area is 124 Å². The number of rotatable bonds is 0. The fraction of sp³-hybridized carbons (Fsp3) is 0.188. The summed E-state index contributed by atoms with van der Waals surface area (Å²) in [5.74, 6) is 0.0428. The van der Waals surface area contributed by atoms with E-state index in [4.69, 9.17) is 0 Å². The van der Waals surface area contributed by atoms with Crippen LogP contribution in [0.4, 0.5) is 17.1 Å². The summed E-state index contributed by atoms with van der Waals surface area (Å²) >= 11 is 0. The fourth-order valence-electron chi connectivity index (χ4n) is 2.71. The summed E-state index contributed by atoms with van der Waals surface area (Å²) in [6, 6.07) is 14.2. The van der Waals surface area contributed by atoms with E-state index in [1.807, 2.05) is 35.2 Å². The molecule has 1 heterocycles. The van der Waals surface area contributed by atoms with Crippen LogP contribution in [0.3, 0.4) is 0 Å². The molecule has 104 valence electrons. The Bertz CT molecular complexity index is 655. The lowest BCUT2D eigenvalue weighted by Crippen LogP contribution is -3.00. The second-order valence-electron chi connectivity index (χ2n) is 4.95. The zero-order valence-electron chi connectivity index (χ0n) is 11.4. The standard InChI is InChI=1S/C16H16N2O.ClH/c1-11(19)18-15-5-3-2-4-12(15)6-7-13-8-9-14(17)10-16(13)18;/h2-5,8-10H,6-7,17H2,1H3;1H. The topological polar surface area (TPSA) is 48.0 Å². The summed E-state index contributed by atoms with van der Waals surface area (Å²) in [5.41, 5.74) is 9.31. The maximum atomic E-state index is 12.1. The second-order valence-corrected chi connectivity index (χ2v) is 4.95. The number of aryl methyl sites for hydroxylation is 2. The average molecular weight is 289 g/mol. The summed E-state index contributed by atoms with van der Waals surface area (Å²) in [4.78, 5) is 13.9. The molecule has 4 heteroatoms. The molecule has 0 aromatic heterocycles. The SMILES string of the molecule is CC(=O)N1c2ccccc2CCc2ccc([NH3+])cc21.[Cl-].